The van der Waals surface area contributed by atoms with Crippen LogP contribution in [0.25, 0.3) is 0 Å². The number of nitrogens with one attached hydrogen (secondary N) is 1. The number of benzene rings is 2. The Bertz CT molecular complexity index is 916. The van der Waals surface area contributed by atoms with E-state index < -0.39 is 22.8 Å². The fraction of sp³-hybridized carbons (Fsp3) is 0.350. The Labute approximate surface area is 171 Å². The van der Waals surface area contributed by atoms with E-state index in [1.54, 1.807) is 25.2 Å². The second-order valence-electron chi connectivity index (χ2n) is 6.75. The molecule has 1 unspecified atom stereocenters. The molecule has 0 bridgehead atoms. The van der Waals surface area contributed by atoms with Crippen molar-refractivity contribution < 1.29 is 22.8 Å². The summed E-state index contributed by atoms with van der Waals surface area (Å²) >= 11 is 0. The molecule has 0 amide bonds. The standard InChI is InChI=1S/C20H21F3N4O3/c1-24-19(25-12-14-5-7-17(8-6-14)27(28)29)26-9-10-30-18(13-26)15-3-2-4-16(11-15)20(21,22)23/h2-8,11,18H,9-10,12-13H2,1H3,(H,24,25). The van der Waals surface area contributed by atoms with Crippen molar-refractivity contribution in [3.63, 3.8) is 0 Å². The van der Waals surface area contributed by atoms with Crippen molar-refractivity contribution in [2.24, 2.45) is 4.99 Å². The summed E-state index contributed by atoms with van der Waals surface area (Å²) in [5, 5.41) is 13.9. The largest absolute Gasteiger partial charge is 0.416 e. The summed E-state index contributed by atoms with van der Waals surface area (Å²) in [6, 6.07) is 11.3. The monoisotopic (exact) mass is 422 g/mol. The van der Waals surface area contributed by atoms with E-state index in [2.05, 4.69) is 10.3 Å². The number of nitro benzene ring substituents is 1. The van der Waals surface area contributed by atoms with E-state index in [4.69, 9.17) is 4.74 Å². The number of hydrogen-bond acceptors (Lipinski definition) is 4. The van der Waals surface area contributed by atoms with Gasteiger partial charge in [-0.25, -0.2) is 0 Å². The van der Waals surface area contributed by atoms with Crippen LogP contribution in [-0.2, 0) is 17.5 Å². The number of guanidine groups is 1. The molecule has 1 aliphatic heterocycles. The maximum Gasteiger partial charge on any atom is 0.416 e. The van der Waals surface area contributed by atoms with Gasteiger partial charge in [-0.2, -0.15) is 13.2 Å². The molecule has 0 radical (unpaired) electrons. The molecule has 0 saturated carbocycles. The number of aliphatic imine (C=N–C) groups is 1. The Kier molecular flexibility index (Phi) is 6.56. The van der Waals surface area contributed by atoms with E-state index in [-0.39, 0.29) is 5.69 Å². The number of ether oxygens (including phenoxy) is 1. The van der Waals surface area contributed by atoms with Gasteiger partial charge in [0.25, 0.3) is 5.69 Å². The van der Waals surface area contributed by atoms with Gasteiger partial charge in [0.15, 0.2) is 5.96 Å². The van der Waals surface area contributed by atoms with E-state index in [1.807, 2.05) is 4.90 Å². The molecule has 1 fully saturated rings. The number of nitro groups is 1. The third kappa shape index (κ3) is 5.26. The van der Waals surface area contributed by atoms with Crippen molar-refractivity contribution >= 4 is 11.6 Å². The molecule has 0 aliphatic carbocycles. The molecular formula is C20H21F3N4O3. The number of non-ortho nitro benzene ring substituents is 1. The Morgan fingerprint density at radius 3 is 2.67 bits per heavy atom. The van der Waals surface area contributed by atoms with Gasteiger partial charge >= 0.3 is 6.18 Å². The lowest BCUT2D eigenvalue weighted by Crippen LogP contribution is -2.48. The quantitative estimate of drug-likeness (QED) is 0.351. The van der Waals surface area contributed by atoms with Gasteiger partial charge in [-0.15, -0.1) is 0 Å². The summed E-state index contributed by atoms with van der Waals surface area (Å²) in [5.41, 5.74) is 0.603. The summed E-state index contributed by atoms with van der Waals surface area (Å²) in [4.78, 5) is 16.4. The fourth-order valence-electron chi connectivity index (χ4n) is 3.21. The van der Waals surface area contributed by atoms with Gasteiger partial charge in [-0.05, 0) is 23.3 Å². The smallest absolute Gasteiger partial charge is 0.370 e. The molecule has 1 N–H and O–H groups in total. The van der Waals surface area contributed by atoms with Crippen molar-refractivity contribution in [3.05, 3.63) is 75.3 Å². The van der Waals surface area contributed by atoms with E-state index in [1.165, 1.54) is 18.2 Å². The molecule has 1 atom stereocenters. The number of morpholine rings is 1. The number of rotatable bonds is 4. The van der Waals surface area contributed by atoms with E-state index in [9.17, 15) is 23.3 Å². The molecule has 30 heavy (non-hydrogen) atoms. The van der Waals surface area contributed by atoms with Crippen molar-refractivity contribution in [2.75, 3.05) is 26.7 Å². The second-order valence-corrected chi connectivity index (χ2v) is 6.75. The normalized spacial score (nSPS) is 17.7. The molecule has 1 aliphatic rings. The molecule has 1 saturated heterocycles. The minimum atomic E-state index is -4.41. The average Bonchev–Trinajstić information content (AvgIpc) is 2.74. The van der Waals surface area contributed by atoms with Crippen LogP contribution in [0.15, 0.2) is 53.5 Å². The zero-order chi connectivity index (χ0) is 21.7. The van der Waals surface area contributed by atoms with Crippen LogP contribution in [0, 0.1) is 10.1 Å². The predicted octanol–water partition coefficient (Wildman–Crippen LogP) is 3.76. The summed E-state index contributed by atoms with van der Waals surface area (Å²) in [5.74, 6) is 0.577. The van der Waals surface area contributed by atoms with Gasteiger partial charge in [-0.3, -0.25) is 15.1 Å². The Morgan fingerprint density at radius 1 is 1.30 bits per heavy atom. The third-order valence-corrected chi connectivity index (χ3v) is 4.76. The Balaban J connectivity index is 1.65. The van der Waals surface area contributed by atoms with Gasteiger partial charge < -0.3 is 15.0 Å². The summed E-state index contributed by atoms with van der Waals surface area (Å²) in [6.45, 7) is 1.63. The van der Waals surface area contributed by atoms with Crippen molar-refractivity contribution in [2.45, 2.75) is 18.8 Å². The molecule has 2 aromatic carbocycles. The lowest BCUT2D eigenvalue weighted by Gasteiger charge is -2.35. The van der Waals surface area contributed by atoms with E-state index >= 15 is 0 Å². The van der Waals surface area contributed by atoms with E-state index in [0.29, 0.717) is 37.8 Å². The lowest BCUT2D eigenvalue weighted by molar-refractivity contribution is -0.384. The molecule has 7 nitrogen and oxygen atoms in total. The molecule has 1 heterocycles. The zero-order valence-corrected chi connectivity index (χ0v) is 16.2. The van der Waals surface area contributed by atoms with Gasteiger partial charge in [0.2, 0.25) is 0 Å². The average molecular weight is 422 g/mol. The molecule has 2 aromatic rings. The van der Waals surface area contributed by atoms with Crippen LogP contribution in [-0.4, -0.2) is 42.5 Å². The summed E-state index contributed by atoms with van der Waals surface area (Å²) < 4.78 is 44.7. The van der Waals surface area contributed by atoms with Gasteiger partial charge in [0, 0.05) is 32.3 Å². The molecule has 0 aromatic heterocycles. The van der Waals surface area contributed by atoms with Gasteiger partial charge in [0.1, 0.15) is 6.10 Å². The van der Waals surface area contributed by atoms with Crippen LogP contribution in [0.2, 0.25) is 0 Å². The van der Waals surface area contributed by atoms with Crippen LogP contribution < -0.4 is 5.32 Å². The summed E-state index contributed by atoms with van der Waals surface area (Å²) in [6.07, 6.45) is -4.92. The number of alkyl halides is 3. The highest BCUT2D eigenvalue weighted by Gasteiger charge is 2.32. The maximum absolute atomic E-state index is 13.0. The fourth-order valence-corrected chi connectivity index (χ4v) is 3.21. The first-order valence-electron chi connectivity index (χ1n) is 9.25. The summed E-state index contributed by atoms with van der Waals surface area (Å²) in [7, 11) is 1.62. The topological polar surface area (TPSA) is 80.0 Å². The molecule has 10 heteroatoms. The maximum atomic E-state index is 13.0. The first-order valence-corrected chi connectivity index (χ1v) is 9.25. The van der Waals surface area contributed by atoms with Crippen LogP contribution in [0.1, 0.15) is 22.8 Å². The number of halogens is 3. The van der Waals surface area contributed by atoms with Crippen molar-refractivity contribution in [1.29, 1.82) is 0 Å². The van der Waals surface area contributed by atoms with Crippen LogP contribution >= 0.6 is 0 Å². The highest BCUT2D eigenvalue weighted by molar-refractivity contribution is 5.80. The first kappa shape index (κ1) is 21.6. The highest BCUT2D eigenvalue weighted by Crippen LogP contribution is 2.32. The number of nitrogens with zero attached hydrogens (tertiary/aromatic N) is 3. The zero-order valence-electron chi connectivity index (χ0n) is 16.2. The molecular weight excluding hydrogens is 401 g/mol. The highest BCUT2D eigenvalue weighted by atomic mass is 19.4. The molecule has 160 valence electrons. The Hall–Kier alpha value is -3.14. The predicted molar refractivity (Wildman–Crippen MR) is 105 cm³/mol. The van der Waals surface area contributed by atoms with Crippen LogP contribution in [0.4, 0.5) is 18.9 Å². The SMILES string of the molecule is CN=C(NCc1ccc([N+](=O)[O-])cc1)N1CCOC(c2cccc(C(F)(F)F)c2)C1. The molecule has 3 rings (SSSR count). The van der Waals surface area contributed by atoms with Crippen molar-refractivity contribution in [3.8, 4) is 0 Å². The third-order valence-electron chi connectivity index (χ3n) is 4.76. The number of hydrogen-bond donors (Lipinski definition) is 1. The van der Waals surface area contributed by atoms with Gasteiger partial charge in [-0.1, -0.05) is 24.3 Å². The Morgan fingerprint density at radius 2 is 2.03 bits per heavy atom. The lowest BCUT2D eigenvalue weighted by atomic mass is 10.0. The van der Waals surface area contributed by atoms with E-state index in [0.717, 1.165) is 17.7 Å². The van der Waals surface area contributed by atoms with Crippen molar-refractivity contribution in [1.82, 2.24) is 10.2 Å². The van der Waals surface area contributed by atoms with Crippen LogP contribution in [0.3, 0.4) is 0 Å². The molecule has 0 spiro atoms. The van der Waals surface area contributed by atoms with Crippen LogP contribution in [0.5, 0.6) is 0 Å². The minimum Gasteiger partial charge on any atom is -0.370 e. The minimum absolute atomic E-state index is 0.0141. The second kappa shape index (κ2) is 9.12. The van der Waals surface area contributed by atoms with Gasteiger partial charge in [0.05, 0.1) is 23.6 Å². The first-order chi connectivity index (χ1) is 14.3.